The average Bonchev–Trinajstić information content (AvgIpc) is 2.89. The Hall–Kier alpha value is -1.25. The lowest BCUT2D eigenvalue weighted by Gasteiger charge is -2.00. The number of hydrogen-bond acceptors (Lipinski definition) is 3. The summed E-state index contributed by atoms with van der Waals surface area (Å²) >= 11 is 0. The molecule has 144 valence electrons. The molecule has 0 unspecified atom stereocenters. The standard InChI is InChI=1S/C11H20O2.C11H18O/c1-3-4-5-6-7-11(13)9-8-10(2)12;1-3-4-5-6-10-9(2)7-8-11(10)12/h3-9H2,1-2H3;3-8H2,1-2H3. The van der Waals surface area contributed by atoms with E-state index in [4.69, 9.17) is 0 Å². The van der Waals surface area contributed by atoms with E-state index < -0.39 is 0 Å². The van der Waals surface area contributed by atoms with Crippen LogP contribution in [0.3, 0.4) is 0 Å². The van der Waals surface area contributed by atoms with Crippen molar-refractivity contribution in [2.45, 2.75) is 111 Å². The molecule has 0 heterocycles. The summed E-state index contributed by atoms with van der Waals surface area (Å²) in [5, 5.41) is 0. The van der Waals surface area contributed by atoms with Gasteiger partial charge in [-0.15, -0.1) is 0 Å². The summed E-state index contributed by atoms with van der Waals surface area (Å²) < 4.78 is 0. The molecule has 1 aliphatic rings. The molecular weight excluding hydrogens is 312 g/mol. The minimum absolute atomic E-state index is 0.113. The van der Waals surface area contributed by atoms with Crippen LogP contribution in [0.15, 0.2) is 11.1 Å². The van der Waals surface area contributed by atoms with E-state index in [1.807, 2.05) is 0 Å². The predicted octanol–water partition coefficient (Wildman–Crippen LogP) is 6.14. The Morgan fingerprint density at radius 2 is 1.48 bits per heavy atom. The van der Waals surface area contributed by atoms with Crippen molar-refractivity contribution in [3.05, 3.63) is 11.1 Å². The van der Waals surface area contributed by atoms with Crippen molar-refractivity contribution in [3.63, 3.8) is 0 Å². The van der Waals surface area contributed by atoms with Gasteiger partial charge >= 0.3 is 0 Å². The van der Waals surface area contributed by atoms with Gasteiger partial charge in [0.05, 0.1) is 0 Å². The molecule has 0 aliphatic heterocycles. The fourth-order valence-corrected chi connectivity index (χ4v) is 2.93. The summed E-state index contributed by atoms with van der Waals surface area (Å²) in [6, 6.07) is 0. The van der Waals surface area contributed by atoms with E-state index >= 15 is 0 Å². The molecule has 3 nitrogen and oxygen atoms in total. The summed E-state index contributed by atoms with van der Waals surface area (Å²) in [4.78, 5) is 33.1. The average molecular weight is 351 g/mol. The minimum Gasteiger partial charge on any atom is -0.300 e. The highest BCUT2D eigenvalue weighted by Crippen LogP contribution is 2.26. The number of allylic oxidation sites excluding steroid dienone is 2. The molecule has 0 atom stereocenters. The van der Waals surface area contributed by atoms with Crippen molar-refractivity contribution in [2.24, 2.45) is 0 Å². The smallest absolute Gasteiger partial charge is 0.159 e. The number of rotatable bonds is 12. The topological polar surface area (TPSA) is 51.2 Å². The van der Waals surface area contributed by atoms with Gasteiger partial charge in [0.15, 0.2) is 5.78 Å². The zero-order valence-corrected chi connectivity index (χ0v) is 16.9. The van der Waals surface area contributed by atoms with Crippen LogP contribution in [-0.4, -0.2) is 17.3 Å². The van der Waals surface area contributed by atoms with Crippen molar-refractivity contribution in [3.8, 4) is 0 Å². The zero-order chi connectivity index (χ0) is 19.1. The Labute approximate surface area is 154 Å². The molecule has 0 saturated carbocycles. The lowest BCUT2D eigenvalue weighted by molar-refractivity contribution is -0.123. The van der Waals surface area contributed by atoms with E-state index in [0.29, 0.717) is 25.0 Å². The Kier molecular flexibility index (Phi) is 14.3. The summed E-state index contributed by atoms with van der Waals surface area (Å²) in [6.07, 6.45) is 12.6. The summed E-state index contributed by atoms with van der Waals surface area (Å²) in [5.74, 6) is 0.761. The van der Waals surface area contributed by atoms with Crippen LogP contribution in [0, 0.1) is 0 Å². The Morgan fingerprint density at radius 1 is 0.840 bits per heavy atom. The number of hydrogen-bond donors (Lipinski definition) is 0. The van der Waals surface area contributed by atoms with Gasteiger partial charge in [-0.3, -0.25) is 9.59 Å². The van der Waals surface area contributed by atoms with Crippen LogP contribution in [0.4, 0.5) is 0 Å². The van der Waals surface area contributed by atoms with Crippen LogP contribution >= 0.6 is 0 Å². The van der Waals surface area contributed by atoms with Crippen molar-refractivity contribution in [2.75, 3.05) is 0 Å². The molecule has 0 fully saturated rings. The zero-order valence-electron chi connectivity index (χ0n) is 16.9. The van der Waals surface area contributed by atoms with Crippen molar-refractivity contribution >= 4 is 17.3 Å². The van der Waals surface area contributed by atoms with E-state index in [-0.39, 0.29) is 11.6 Å². The largest absolute Gasteiger partial charge is 0.300 e. The van der Waals surface area contributed by atoms with Crippen molar-refractivity contribution in [1.82, 2.24) is 0 Å². The lowest BCUT2D eigenvalue weighted by Crippen LogP contribution is -2.01. The Balaban J connectivity index is 0.000000462. The molecule has 0 aromatic heterocycles. The van der Waals surface area contributed by atoms with E-state index in [1.165, 1.54) is 44.6 Å². The molecule has 1 rings (SSSR count). The highest BCUT2D eigenvalue weighted by molar-refractivity contribution is 5.98. The molecular formula is C22H38O3. The van der Waals surface area contributed by atoms with Gasteiger partial charge in [0, 0.05) is 25.7 Å². The fourth-order valence-electron chi connectivity index (χ4n) is 2.93. The Morgan fingerprint density at radius 3 is 2.00 bits per heavy atom. The first-order valence-corrected chi connectivity index (χ1v) is 10.1. The van der Waals surface area contributed by atoms with Gasteiger partial charge in [-0.25, -0.2) is 0 Å². The first-order chi connectivity index (χ1) is 11.9. The molecule has 25 heavy (non-hydrogen) atoms. The fraction of sp³-hybridized carbons (Fsp3) is 0.773. The normalized spacial score (nSPS) is 13.7. The number of Topliss-reactive ketones (excluding diaryl/α,β-unsaturated/α-hetero) is 3. The van der Waals surface area contributed by atoms with Crippen LogP contribution < -0.4 is 0 Å². The summed E-state index contributed by atoms with van der Waals surface area (Å²) in [5.41, 5.74) is 2.49. The third-order valence-corrected chi connectivity index (χ3v) is 4.67. The van der Waals surface area contributed by atoms with Gasteiger partial charge in [0.1, 0.15) is 11.6 Å². The van der Waals surface area contributed by atoms with Gasteiger partial charge in [0.2, 0.25) is 0 Å². The van der Waals surface area contributed by atoms with Crippen LogP contribution in [0.2, 0.25) is 0 Å². The number of ketones is 3. The first kappa shape index (κ1) is 23.8. The molecule has 3 heteroatoms. The van der Waals surface area contributed by atoms with Crippen LogP contribution in [0.5, 0.6) is 0 Å². The molecule has 0 saturated heterocycles. The van der Waals surface area contributed by atoms with Gasteiger partial charge in [-0.05, 0) is 45.1 Å². The SMILES string of the molecule is CCCCCC1=C(C)CCC1=O.CCCCCCC(=O)CCC(C)=O. The van der Waals surface area contributed by atoms with Gasteiger partial charge in [0.25, 0.3) is 0 Å². The second kappa shape index (κ2) is 15.0. The maximum atomic E-state index is 11.3. The molecule has 0 amide bonds. The monoisotopic (exact) mass is 350 g/mol. The van der Waals surface area contributed by atoms with Crippen molar-refractivity contribution < 1.29 is 14.4 Å². The minimum atomic E-state index is 0.113. The molecule has 0 N–H and O–H groups in total. The van der Waals surface area contributed by atoms with E-state index in [2.05, 4.69) is 20.8 Å². The van der Waals surface area contributed by atoms with Gasteiger partial charge in [-0.2, -0.15) is 0 Å². The van der Waals surface area contributed by atoms with E-state index in [1.54, 1.807) is 0 Å². The predicted molar refractivity (Wildman–Crippen MR) is 105 cm³/mol. The molecule has 0 radical (unpaired) electrons. The highest BCUT2D eigenvalue weighted by Gasteiger charge is 2.18. The number of unbranched alkanes of at least 4 members (excludes halogenated alkanes) is 5. The van der Waals surface area contributed by atoms with E-state index in [9.17, 15) is 14.4 Å². The number of carbonyl (C=O) groups is 3. The second-order valence-corrected chi connectivity index (χ2v) is 7.19. The summed E-state index contributed by atoms with van der Waals surface area (Å²) in [6.45, 7) is 7.98. The van der Waals surface area contributed by atoms with E-state index in [0.717, 1.165) is 37.7 Å². The lowest BCUT2D eigenvalue weighted by atomic mass is 10.0. The third kappa shape index (κ3) is 12.7. The maximum Gasteiger partial charge on any atom is 0.159 e. The molecule has 0 aromatic rings. The molecule has 0 bridgehead atoms. The highest BCUT2D eigenvalue weighted by atomic mass is 16.1. The maximum absolute atomic E-state index is 11.3. The molecule has 0 aromatic carbocycles. The van der Waals surface area contributed by atoms with Crippen LogP contribution in [0.1, 0.15) is 111 Å². The van der Waals surface area contributed by atoms with Gasteiger partial charge in [-0.1, -0.05) is 51.5 Å². The quantitative estimate of drug-likeness (QED) is 0.397. The van der Waals surface area contributed by atoms with Crippen LogP contribution in [0.25, 0.3) is 0 Å². The van der Waals surface area contributed by atoms with Crippen molar-refractivity contribution in [1.29, 1.82) is 0 Å². The number of carbonyl (C=O) groups excluding carboxylic acids is 3. The third-order valence-electron chi connectivity index (χ3n) is 4.67. The Bertz CT molecular complexity index is 446. The summed E-state index contributed by atoms with van der Waals surface area (Å²) in [7, 11) is 0. The van der Waals surface area contributed by atoms with Crippen LogP contribution in [-0.2, 0) is 14.4 Å². The van der Waals surface area contributed by atoms with Gasteiger partial charge < -0.3 is 4.79 Å². The molecule has 1 aliphatic carbocycles. The molecule has 0 spiro atoms. The first-order valence-electron chi connectivity index (χ1n) is 10.1. The second-order valence-electron chi connectivity index (χ2n) is 7.19.